The van der Waals surface area contributed by atoms with Crippen LogP contribution < -0.4 is 10.2 Å². The van der Waals surface area contributed by atoms with E-state index in [1.54, 1.807) is 24.7 Å². The molecule has 7 nitrogen and oxygen atoms in total. The van der Waals surface area contributed by atoms with Crippen LogP contribution >= 0.6 is 11.6 Å². The Bertz CT molecular complexity index is 708. The first-order valence-electron chi connectivity index (χ1n) is 7.95. The van der Waals surface area contributed by atoms with Gasteiger partial charge in [0.15, 0.2) is 5.82 Å². The Morgan fingerprint density at radius 1 is 1.33 bits per heavy atom. The van der Waals surface area contributed by atoms with E-state index in [0.717, 1.165) is 18.9 Å². The second-order valence-electron chi connectivity index (χ2n) is 5.76. The first kappa shape index (κ1) is 16.6. The van der Waals surface area contributed by atoms with Gasteiger partial charge >= 0.3 is 0 Å². The van der Waals surface area contributed by atoms with Gasteiger partial charge in [-0.25, -0.2) is 19.9 Å². The van der Waals surface area contributed by atoms with E-state index in [4.69, 9.17) is 11.6 Å². The first-order chi connectivity index (χ1) is 11.7. The maximum absolute atomic E-state index is 11.3. The van der Waals surface area contributed by atoms with Gasteiger partial charge in [-0.1, -0.05) is 0 Å². The molecular formula is C16H19ClN6O. The van der Waals surface area contributed by atoms with Crippen molar-refractivity contribution in [2.75, 3.05) is 22.6 Å². The standard InChI is InChI=1S/C16H19ClN6O/c1-11-4-2-3-7-23(11)16-19-9-12(10-20-16)15-18-6-5-13(22-15)21-14(24)8-17/h5-6,9-11H,2-4,7-8H2,1H3,(H,18,21,22,24). The van der Waals surface area contributed by atoms with Crippen molar-refractivity contribution < 1.29 is 4.79 Å². The van der Waals surface area contributed by atoms with Crippen LogP contribution in [0.1, 0.15) is 26.2 Å². The summed E-state index contributed by atoms with van der Waals surface area (Å²) in [6.45, 7) is 3.18. The van der Waals surface area contributed by atoms with E-state index < -0.39 is 0 Å². The fourth-order valence-electron chi connectivity index (χ4n) is 2.72. The third-order valence-corrected chi connectivity index (χ3v) is 4.24. The van der Waals surface area contributed by atoms with Gasteiger partial charge in [-0.15, -0.1) is 11.6 Å². The minimum absolute atomic E-state index is 0.120. The van der Waals surface area contributed by atoms with Crippen molar-refractivity contribution in [1.82, 2.24) is 19.9 Å². The molecule has 1 aliphatic heterocycles. The Morgan fingerprint density at radius 2 is 2.12 bits per heavy atom. The number of nitrogens with one attached hydrogen (secondary N) is 1. The Balaban J connectivity index is 1.78. The predicted octanol–water partition coefficient (Wildman–Crippen LogP) is 2.49. The number of carbonyl (C=O) groups is 1. The van der Waals surface area contributed by atoms with Crippen molar-refractivity contribution in [1.29, 1.82) is 0 Å². The van der Waals surface area contributed by atoms with Crippen molar-refractivity contribution in [3.63, 3.8) is 0 Å². The molecule has 1 aliphatic rings. The van der Waals surface area contributed by atoms with E-state index in [1.165, 1.54) is 12.8 Å². The Labute approximate surface area is 145 Å². The summed E-state index contributed by atoms with van der Waals surface area (Å²) >= 11 is 5.48. The molecule has 2 aromatic heterocycles. The molecule has 0 spiro atoms. The van der Waals surface area contributed by atoms with Crippen LogP contribution in [0.3, 0.4) is 0 Å². The maximum atomic E-state index is 11.3. The van der Waals surface area contributed by atoms with Crippen LogP contribution in [0.2, 0.25) is 0 Å². The van der Waals surface area contributed by atoms with Crippen molar-refractivity contribution in [3.05, 3.63) is 24.7 Å². The highest BCUT2D eigenvalue weighted by Gasteiger charge is 2.20. The van der Waals surface area contributed by atoms with Gasteiger partial charge in [-0.05, 0) is 32.3 Å². The summed E-state index contributed by atoms with van der Waals surface area (Å²) in [7, 11) is 0. The molecule has 1 fully saturated rings. The molecule has 126 valence electrons. The van der Waals surface area contributed by atoms with Crippen LogP contribution in [0.5, 0.6) is 0 Å². The summed E-state index contributed by atoms with van der Waals surface area (Å²) in [4.78, 5) is 31.0. The zero-order chi connectivity index (χ0) is 16.9. The highest BCUT2D eigenvalue weighted by molar-refractivity contribution is 6.29. The minimum Gasteiger partial charge on any atom is -0.338 e. The number of piperidine rings is 1. The molecule has 8 heteroatoms. The van der Waals surface area contributed by atoms with Crippen LogP contribution in [-0.4, -0.2) is 44.3 Å². The average Bonchev–Trinajstić information content (AvgIpc) is 2.62. The zero-order valence-corrected chi connectivity index (χ0v) is 14.2. The number of alkyl halides is 1. The molecule has 1 atom stereocenters. The van der Waals surface area contributed by atoms with E-state index in [0.29, 0.717) is 23.2 Å². The van der Waals surface area contributed by atoms with Gasteiger partial charge in [0.25, 0.3) is 0 Å². The monoisotopic (exact) mass is 346 g/mol. The summed E-state index contributed by atoms with van der Waals surface area (Å²) in [5, 5.41) is 2.60. The van der Waals surface area contributed by atoms with Gasteiger partial charge in [0.2, 0.25) is 11.9 Å². The zero-order valence-electron chi connectivity index (χ0n) is 13.4. The van der Waals surface area contributed by atoms with Gasteiger partial charge in [0.05, 0.1) is 5.56 Å². The summed E-state index contributed by atoms with van der Waals surface area (Å²) in [5.41, 5.74) is 0.699. The summed E-state index contributed by atoms with van der Waals surface area (Å²) < 4.78 is 0. The highest BCUT2D eigenvalue weighted by Crippen LogP contribution is 2.22. The topological polar surface area (TPSA) is 83.9 Å². The lowest BCUT2D eigenvalue weighted by molar-refractivity contribution is -0.113. The number of hydrogen-bond donors (Lipinski definition) is 1. The molecule has 0 saturated carbocycles. The molecular weight excluding hydrogens is 328 g/mol. The lowest BCUT2D eigenvalue weighted by Gasteiger charge is -2.33. The van der Waals surface area contributed by atoms with Crippen LogP contribution in [-0.2, 0) is 4.79 Å². The lowest BCUT2D eigenvalue weighted by atomic mass is 10.0. The van der Waals surface area contributed by atoms with Crippen molar-refractivity contribution in [2.24, 2.45) is 0 Å². The molecule has 3 heterocycles. The van der Waals surface area contributed by atoms with Gasteiger partial charge < -0.3 is 10.2 Å². The third kappa shape index (κ3) is 3.79. The molecule has 0 radical (unpaired) electrons. The van der Waals surface area contributed by atoms with Crippen molar-refractivity contribution in [3.8, 4) is 11.4 Å². The van der Waals surface area contributed by atoms with E-state index in [2.05, 4.69) is 37.1 Å². The Kier molecular flexibility index (Phi) is 5.20. The molecule has 24 heavy (non-hydrogen) atoms. The Hall–Kier alpha value is -2.28. The van der Waals surface area contributed by atoms with Crippen LogP contribution in [0.15, 0.2) is 24.7 Å². The quantitative estimate of drug-likeness (QED) is 0.856. The summed E-state index contributed by atoms with van der Waals surface area (Å²) in [6, 6.07) is 2.06. The Morgan fingerprint density at radius 3 is 2.83 bits per heavy atom. The van der Waals surface area contributed by atoms with E-state index in [-0.39, 0.29) is 11.8 Å². The summed E-state index contributed by atoms with van der Waals surface area (Å²) in [5.74, 6) is 1.16. The number of aromatic nitrogens is 4. The first-order valence-corrected chi connectivity index (χ1v) is 8.49. The third-order valence-electron chi connectivity index (χ3n) is 4.00. The van der Waals surface area contributed by atoms with Gasteiger partial charge in [-0.2, -0.15) is 0 Å². The number of anilines is 2. The van der Waals surface area contributed by atoms with Crippen molar-refractivity contribution >= 4 is 29.3 Å². The molecule has 1 saturated heterocycles. The average molecular weight is 347 g/mol. The number of amides is 1. The van der Waals surface area contributed by atoms with Crippen LogP contribution in [0.4, 0.5) is 11.8 Å². The van der Waals surface area contributed by atoms with E-state index in [1.807, 2.05) is 0 Å². The number of rotatable bonds is 4. The molecule has 3 rings (SSSR count). The van der Waals surface area contributed by atoms with Gasteiger partial charge in [0.1, 0.15) is 11.7 Å². The van der Waals surface area contributed by atoms with Gasteiger partial charge in [-0.3, -0.25) is 4.79 Å². The predicted molar refractivity (Wildman–Crippen MR) is 93.1 cm³/mol. The fraction of sp³-hybridized carbons (Fsp3) is 0.438. The van der Waals surface area contributed by atoms with Crippen molar-refractivity contribution in [2.45, 2.75) is 32.2 Å². The second-order valence-corrected chi connectivity index (χ2v) is 6.02. The molecule has 1 N–H and O–H groups in total. The van der Waals surface area contributed by atoms with E-state index >= 15 is 0 Å². The SMILES string of the molecule is CC1CCCCN1c1ncc(-c2nccc(NC(=O)CCl)n2)cn1. The molecule has 0 aromatic carbocycles. The number of nitrogens with zero attached hydrogens (tertiary/aromatic N) is 5. The highest BCUT2D eigenvalue weighted by atomic mass is 35.5. The second kappa shape index (κ2) is 7.53. The maximum Gasteiger partial charge on any atom is 0.240 e. The van der Waals surface area contributed by atoms with Crippen LogP contribution in [0, 0.1) is 0 Å². The van der Waals surface area contributed by atoms with Gasteiger partial charge in [0, 0.05) is 31.2 Å². The largest absolute Gasteiger partial charge is 0.338 e. The summed E-state index contributed by atoms with van der Waals surface area (Å²) in [6.07, 6.45) is 8.59. The number of carbonyl (C=O) groups excluding carboxylic acids is 1. The lowest BCUT2D eigenvalue weighted by Crippen LogP contribution is -2.38. The molecule has 1 amide bonds. The minimum atomic E-state index is -0.313. The fourth-order valence-corrected chi connectivity index (χ4v) is 2.79. The molecule has 1 unspecified atom stereocenters. The number of hydrogen-bond acceptors (Lipinski definition) is 6. The van der Waals surface area contributed by atoms with Crippen LogP contribution in [0.25, 0.3) is 11.4 Å². The molecule has 2 aromatic rings. The molecule has 0 bridgehead atoms. The molecule has 0 aliphatic carbocycles. The number of halogens is 1. The van der Waals surface area contributed by atoms with E-state index in [9.17, 15) is 4.79 Å². The normalized spacial score (nSPS) is 17.6. The smallest absolute Gasteiger partial charge is 0.240 e.